The third kappa shape index (κ3) is 3.26. The van der Waals surface area contributed by atoms with Crippen molar-refractivity contribution in [1.82, 2.24) is 4.67 Å². The minimum absolute atomic E-state index is 0.0339. The molecule has 96 valence electrons. The predicted molar refractivity (Wildman–Crippen MR) is 56.9 cm³/mol. The largest absolute Gasteiger partial charge is 0.404 e. The highest BCUT2D eigenvalue weighted by Gasteiger charge is 2.42. The van der Waals surface area contributed by atoms with Crippen LogP contribution < -0.4 is 0 Å². The van der Waals surface area contributed by atoms with Crippen molar-refractivity contribution in [2.45, 2.75) is 31.6 Å². The number of rotatable bonds is 4. The summed E-state index contributed by atoms with van der Waals surface area (Å²) in [4.78, 5) is 18.1. The summed E-state index contributed by atoms with van der Waals surface area (Å²) in [5.74, 6) is 0. The van der Waals surface area contributed by atoms with Gasteiger partial charge in [-0.25, -0.2) is 4.57 Å². The molecule has 1 aliphatic rings. The second-order valence-corrected chi connectivity index (χ2v) is 6.83. The summed E-state index contributed by atoms with van der Waals surface area (Å²) in [6.07, 6.45) is 1.38. The van der Waals surface area contributed by atoms with E-state index in [4.69, 9.17) is 9.79 Å². The van der Waals surface area contributed by atoms with Gasteiger partial charge in [0.25, 0.3) is 10.1 Å². The second kappa shape index (κ2) is 5.12. The van der Waals surface area contributed by atoms with E-state index in [2.05, 4.69) is 4.18 Å². The van der Waals surface area contributed by atoms with Crippen molar-refractivity contribution >= 4 is 17.9 Å². The van der Waals surface area contributed by atoms with E-state index < -0.39 is 23.2 Å². The van der Waals surface area contributed by atoms with E-state index in [-0.39, 0.29) is 19.6 Å². The molecule has 0 saturated carbocycles. The van der Waals surface area contributed by atoms with Crippen molar-refractivity contribution in [3.8, 4) is 0 Å². The zero-order valence-electron chi connectivity index (χ0n) is 8.94. The van der Waals surface area contributed by atoms with E-state index in [1.54, 1.807) is 0 Å². The average molecular weight is 273 g/mol. The minimum atomic E-state index is -4.54. The normalized spacial score (nSPS) is 24.6. The van der Waals surface area contributed by atoms with E-state index in [0.29, 0.717) is 17.5 Å². The Kier molecular flexibility index (Phi) is 4.50. The molecule has 0 aromatic heterocycles. The third-order valence-corrected chi connectivity index (χ3v) is 5.40. The van der Waals surface area contributed by atoms with Crippen molar-refractivity contribution in [2.24, 2.45) is 0 Å². The fourth-order valence-electron chi connectivity index (χ4n) is 1.72. The molecule has 1 saturated heterocycles. The molecule has 9 heteroatoms. The summed E-state index contributed by atoms with van der Waals surface area (Å²) in [6, 6.07) is 0. The Morgan fingerprint density at radius 3 is 2.56 bits per heavy atom. The highest BCUT2D eigenvalue weighted by molar-refractivity contribution is 7.87. The number of hydrogen-bond donors (Lipinski definition) is 2. The molecule has 7 nitrogen and oxygen atoms in total. The Bertz CT molecular complexity index is 376. The molecule has 1 rings (SSSR count). The van der Waals surface area contributed by atoms with E-state index in [9.17, 15) is 13.0 Å². The molecule has 1 fully saturated rings. The van der Waals surface area contributed by atoms with Gasteiger partial charge < -0.3 is 9.79 Å². The molecule has 0 aromatic carbocycles. The molecular weight excluding hydrogens is 257 g/mol. The van der Waals surface area contributed by atoms with Gasteiger partial charge in [0.05, 0.1) is 6.61 Å². The van der Waals surface area contributed by atoms with Gasteiger partial charge in [0, 0.05) is 6.54 Å². The van der Waals surface area contributed by atoms with Crippen molar-refractivity contribution in [3.63, 3.8) is 0 Å². The molecule has 1 heterocycles. The molecule has 0 amide bonds. The van der Waals surface area contributed by atoms with Gasteiger partial charge in [-0.05, 0) is 26.2 Å². The van der Waals surface area contributed by atoms with Gasteiger partial charge in [-0.3, -0.25) is 4.18 Å². The van der Waals surface area contributed by atoms with Gasteiger partial charge in [-0.2, -0.15) is 13.1 Å². The fraction of sp³-hybridized carbons (Fsp3) is 1.00. The first-order chi connectivity index (χ1) is 7.29. The predicted octanol–water partition coefficient (Wildman–Crippen LogP) is 0.257. The molecule has 1 atom stereocenters. The molecule has 1 aliphatic heterocycles. The molecule has 0 aliphatic carbocycles. The smallest absolute Gasteiger partial charge is 0.312 e. The lowest BCUT2D eigenvalue weighted by molar-refractivity contribution is 0.209. The maximum absolute atomic E-state index is 11.6. The molecule has 0 spiro atoms. The van der Waals surface area contributed by atoms with Gasteiger partial charge in [0.1, 0.15) is 5.37 Å². The van der Waals surface area contributed by atoms with Crippen LogP contribution in [0.25, 0.3) is 0 Å². The Balaban J connectivity index is 2.95. The molecule has 2 N–H and O–H groups in total. The molecule has 0 bridgehead atoms. The van der Waals surface area contributed by atoms with Crippen LogP contribution in [0.2, 0.25) is 0 Å². The van der Waals surface area contributed by atoms with Gasteiger partial charge in [0.15, 0.2) is 0 Å². The summed E-state index contributed by atoms with van der Waals surface area (Å²) >= 11 is 0. The first-order valence-corrected chi connectivity index (χ1v) is 8.03. The lowest BCUT2D eigenvalue weighted by Gasteiger charge is -2.33. The summed E-state index contributed by atoms with van der Waals surface area (Å²) in [5.41, 5.74) is 0. The Morgan fingerprint density at radius 1 is 1.44 bits per heavy atom. The van der Waals surface area contributed by atoms with Crippen LogP contribution in [0.4, 0.5) is 0 Å². The van der Waals surface area contributed by atoms with Gasteiger partial charge in [0.2, 0.25) is 0 Å². The number of hydrogen-bond acceptors (Lipinski definition) is 4. The van der Waals surface area contributed by atoms with Crippen LogP contribution in [-0.2, 0) is 18.9 Å². The van der Waals surface area contributed by atoms with Crippen LogP contribution >= 0.6 is 7.75 Å². The lowest BCUT2D eigenvalue weighted by atomic mass is 10.2. The molecule has 0 aromatic rings. The van der Waals surface area contributed by atoms with Crippen LogP contribution in [0.5, 0.6) is 0 Å². The van der Waals surface area contributed by atoms with Crippen molar-refractivity contribution in [1.29, 1.82) is 0 Å². The molecule has 1 unspecified atom stereocenters. The van der Waals surface area contributed by atoms with E-state index >= 15 is 0 Å². The highest BCUT2D eigenvalue weighted by Crippen LogP contribution is 2.45. The lowest BCUT2D eigenvalue weighted by Crippen LogP contribution is -2.43. The summed E-state index contributed by atoms with van der Waals surface area (Å²) in [7, 11) is -8.48. The third-order valence-electron chi connectivity index (χ3n) is 2.37. The summed E-state index contributed by atoms with van der Waals surface area (Å²) in [5, 5.41) is -1.23. The SMILES string of the molecule is CCOS(=O)(=O)C1CCCCN1P(=O)(O)O. The van der Waals surface area contributed by atoms with Crippen LogP contribution in [0, 0.1) is 0 Å². The maximum Gasteiger partial charge on any atom is 0.404 e. The van der Waals surface area contributed by atoms with Crippen LogP contribution in [-0.4, -0.2) is 41.4 Å². The topological polar surface area (TPSA) is 104 Å². The molecule has 16 heavy (non-hydrogen) atoms. The van der Waals surface area contributed by atoms with Gasteiger partial charge in [-0.1, -0.05) is 0 Å². The molecule has 0 radical (unpaired) electrons. The summed E-state index contributed by atoms with van der Waals surface area (Å²) < 4.78 is 39.7. The van der Waals surface area contributed by atoms with Crippen LogP contribution in [0.1, 0.15) is 26.2 Å². The minimum Gasteiger partial charge on any atom is -0.312 e. The van der Waals surface area contributed by atoms with E-state index in [1.165, 1.54) is 6.92 Å². The quantitative estimate of drug-likeness (QED) is 0.559. The van der Waals surface area contributed by atoms with E-state index in [0.717, 1.165) is 0 Å². The van der Waals surface area contributed by atoms with E-state index in [1.807, 2.05) is 0 Å². The molecular formula is C7H16NO6PS. The summed E-state index contributed by atoms with van der Waals surface area (Å²) in [6.45, 7) is 1.55. The van der Waals surface area contributed by atoms with Crippen molar-refractivity contribution in [2.75, 3.05) is 13.2 Å². The number of piperidine rings is 1. The zero-order valence-corrected chi connectivity index (χ0v) is 10.7. The standard InChI is InChI=1S/C7H16NO6PS/c1-2-14-16(12,13)7-5-3-4-6-8(7)15(9,10)11/h7H,2-6H2,1H3,(H2,9,10,11). The van der Waals surface area contributed by atoms with Crippen LogP contribution in [0.15, 0.2) is 0 Å². The Hall–Kier alpha value is 0.0200. The maximum atomic E-state index is 11.6. The van der Waals surface area contributed by atoms with Crippen LogP contribution in [0.3, 0.4) is 0 Å². The first-order valence-electron chi connectivity index (χ1n) is 5.00. The first kappa shape index (κ1) is 14.1. The van der Waals surface area contributed by atoms with Gasteiger partial charge >= 0.3 is 7.75 Å². The highest BCUT2D eigenvalue weighted by atomic mass is 32.2. The van der Waals surface area contributed by atoms with Crippen molar-refractivity contribution < 1.29 is 27.0 Å². The monoisotopic (exact) mass is 273 g/mol. The number of nitrogens with zero attached hydrogens (tertiary/aromatic N) is 1. The van der Waals surface area contributed by atoms with Gasteiger partial charge in [-0.15, -0.1) is 0 Å². The Labute approximate surface area is 94.7 Å². The second-order valence-electron chi connectivity index (χ2n) is 3.53. The zero-order chi connectivity index (χ0) is 12.4. The fourth-order valence-corrected chi connectivity index (χ4v) is 4.63. The Morgan fingerprint density at radius 2 is 2.06 bits per heavy atom. The average Bonchev–Trinajstić information content (AvgIpc) is 2.16. The van der Waals surface area contributed by atoms with Crippen molar-refractivity contribution in [3.05, 3.63) is 0 Å².